The molecule has 0 spiro atoms. The lowest BCUT2D eigenvalue weighted by Gasteiger charge is -2.36. The Bertz CT molecular complexity index is 397. The first-order valence-corrected chi connectivity index (χ1v) is 9.96. The SMILES string of the molecule is CC(=O)CC(C)(C)CC(C)(C)CNC(=O)C(C)(C)C(C)C.CCC.CN. The summed E-state index contributed by atoms with van der Waals surface area (Å²) in [6.45, 7) is 23.2. The van der Waals surface area contributed by atoms with Crippen LogP contribution >= 0.6 is 0 Å². The van der Waals surface area contributed by atoms with Gasteiger partial charge >= 0.3 is 0 Å². The summed E-state index contributed by atoms with van der Waals surface area (Å²) in [6, 6.07) is 0. The van der Waals surface area contributed by atoms with Gasteiger partial charge in [0.2, 0.25) is 5.91 Å². The first-order valence-electron chi connectivity index (χ1n) is 9.96. The molecule has 0 aliphatic carbocycles. The Morgan fingerprint density at radius 3 is 1.62 bits per heavy atom. The fourth-order valence-corrected chi connectivity index (χ4v) is 2.90. The molecule has 0 saturated carbocycles. The first-order chi connectivity index (χ1) is 11.6. The Morgan fingerprint density at radius 2 is 1.31 bits per heavy atom. The van der Waals surface area contributed by atoms with Crippen molar-refractivity contribution in [2.45, 2.75) is 95.4 Å². The lowest BCUT2D eigenvalue weighted by atomic mass is 9.72. The summed E-state index contributed by atoms with van der Waals surface area (Å²) < 4.78 is 0. The molecule has 3 N–H and O–H groups in total. The maximum atomic E-state index is 12.3. The zero-order valence-corrected chi connectivity index (χ0v) is 19.8. The summed E-state index contributed by atoms with van der Waals surface area (Å²) >= 11 is 0. The van der Waals surface area contributed by atoms with Crippen molar-refractivity contribution in [2.75, 3.05) is 13.6 Å². The normalized spacial score (nSPS) is 11.8. The van der Waals surface area contributed by atoms with E-state index in [1.165, 1.54) is 13.5 Å². The second-order valence-corrected chi connectivity index (χ2v) is 9.65. The first kappa shape index (κ1) is 29.8. The van der Waals surface area contributed by atoms with Gasteiger partial charge in [-0.15, -0.1) is 0 Å². The average molecular weight is 373 g/mol. The molecule has 158 valence electrons. The minimum absolute atomic E-state index is 0.0261. The lowest BCUT2D eigenvalue weighted by molar-refractivity contribution is -0.132. The predicted molar refractivity (Wildman–Crippen MR) is 115 cm³/mol. The molecule has 0 fully saturated rings. The Kier molecular flexibility index (Phi) is 15.3. The Morgan fingerprint density at radius 1 is 0.923 bits per heavy atom. The minimum atomic E-state index is -0.356. The molecular formula is C22H48N2O2. The number of nitrogens with two attached hydrogens (primary N) is 1. The molecule has 0 rings (SSSR count). The van der Waals surface area contributed by atoms with Crippen LogP contribution in [0.1, 0.15) is 95.4 Å². The smallest absolute Gasteiger partial charge is 0.225 e. The van der Waals surface area contributed by atoms with Gasteiger partial charge in [0.15, 0.2) is 0 Å². The standard InChI is InChI=1S/C18H35NO2.C3H8.CH5N/c1-13(2)18(8,9)15(21)19-12-17(6,7)11-16(4,5)10-14(3)20;1-3-2;1-2/h13H,10-12H2,1-9H3,(H,19,21);3H2,1-2H3;2H2,1H3. The van der Waals surface area contributed by atoms with Gasteiger partial charge in [0.05, 0.1) is 0 Å². The maximum absolute atomic E-state index is 12.3. The van der Waals surface area contributed by atoms with Gasteiger partial charge in [-0.1, -0.05) is 75.7 Å². The van der Waals surface area contributed by atoms with Crippen LogP contribution in [0.4, 0.5) is 0 Å². The van der Waals surface area contributed by atoms with Crippen molar-refractivity contribution in [3.63, 3.8) is 0 Å². The molecule has 0 aromatic heterocycles. The van der Waals surface area contributed by atoms with E-state index in [0.717, 1.165) is 6.42 Å². The minimum Gasteiger partial charge on any atom is -0.355 e. The van der Waals surface area contributed by atoms with Gasteiger partial charge in [-0.2, -0.15) is 0 Å². The van der Waals surface area contributed by atoms with Gasteiger partial charge in [-0.05, 0) is 37.1 Å². The molecule has 4 nitrogen and oxygen atoms in total. The molecule has 0 aliphatic heterocycles. The van der Waals surface area contributed by atoms with Crippen LogP contribution in [-0.2, 0) is 9.59 Å². The van der Waals surface area contributed by atoms with Crippen LogP contribution in [0, 0.1) is 22.2 Å². The number of hydrogen-bond acceptors (Lipinski definition) is 3. The van der Waals surface area contributed by atoms with Crippen molar-refractivity contribution in [3.05, 3.63) is 0 Å². The van der Waals surface area contributed by atoms with E-state index in [1.807, 2.05) is 13.8 Å². The summed E-state index contributed by atoms with van der Waals surface area (Å²) in [4.78, 5) is 23.7. The van der Waals surface area contributed by atoms with Gasteiger partial charge in [0.1, 0.15) is 5.78 Å². The quantitative estimate of drug-likeness (QED) is 0.615. The van der Waals surface area contributed by atoms with Crippen molar-refractivity contribution in [1.82, 2.24) is 5.32 Å². The summed E-state index contributed by atoms with van der Waals surface area (Å²) in [5.74, 6) is 0.630. The van der Waals surface area contributed by atoms with E-state index < -0.39 is 0 Å². The summed E-state index contributed by atoms with van der Waals surface area (Å²) in [7, 11) is 1.50. The number of rotatable bonds is 8. The second kappa shape index (κ2) is 13.3. The van der Waals surface area contributed by atoms with E-state index in [1.54, 1.807) is 6.92 Å². The zero-order chi connectivity index (χ0) is 21.8. The molecule has 0 aliphatic rings. The van der Waals surface area contributed by atoms with E-state index >= 15 is 0 Å². The highest BCUT2D eigenvalue weighted by molar-refractivity contribution is 5.82. The molecule has 26 heavy (non-hydrogen) atoms. The van der Waals surface area contributed by atoms with Crippen LogP contribution < -0.4 is 11.1 Å². The average Bonchev–Trinajstić information content (AvgIpc) is 2.44. The molecule has 0 atom stereocenters. The van der Waals surface area contributed by atoms with Crippen molar-refractivity contribution in [1.29, 1.82) is 0 Å². The third kappa shape index (κ3) is 14.3. The Hall–Kier alpha value is -0.900. The fraction of sp³-hybridized carbons (Fsp3) is 0.909. The van der Waals surface area contributed by atoms with Crippen LogP contribution in [0.3, 0.4) is 0 Å². The number of hydrogen-bond donors (Lipinski definition) is 2. The van der Waals surface area contributed by atoms with E-state index in [0.29, 0.717) is 18.9 Å². The number of ketones is 1. The topological polar surface area (TPSA) is 72.2 Å². The Labute approximate surface area is 164 Å². The number of nitrogens with one attached hydrogen (secondary N) is 1. The van der Waals surface area contributed by atoms with Crippen LogP contribution in [0.25, 0.3) is 0 Å². The molecule has 0 bridgehead atoms. The van der Waals surface area contributed by atoms with E-state index in [2.05, 4.69) is 66.4 Å². The third-order valence-electron chi connectivity index (χ3n) is 4.44. The third-order valence-corrected chi connectivity index (χ3v) is 4.44. The van der Waals surface area contributed by atoms with E-state index in [4.69, 9.17) is 0 Å². The number of amides is 1. The van der Waals surface area contributed by atoms with Gasteiger partial charge in [-0.3, -0.25) is 4.79 Å². The van der Waals surface area contributed by atoms with Crippen molar-refractivity contribution < 1.29 is 9.59 Å². The van der Waals surface area contributed by atoms with E-state index in [9.17, 15) is 9.59 Å². The van der Waals surface area contributed by atoms with Crippen LogP contribution in [-0.4, -0.2) is 25.3 Å². The van der Waals surface area contributed by atoms with Gasteiger partial charge in [-0.25, -0.2) is 0 Å². The highest BCUT2D eigenvalue weighted by Gasteiger charge is 2.34. The molecule has 0 unspecified atom stereocenters. The van der Waals surface area contributed by atoms with Crippen molar-refractivity contribution in [2.24, 2.45) is 27.9 Å². The highest BCUT2D eigenvalue weighted by Crippen LogP contribution is 2.36. The number of carbonyl (C=O) groups is 2. The summed E-state index contributed by atoms with van der Waals surface area (Å²) in [6.07, 6.45) is 2.74. The van der Waals surface area contributed by atoms with E-state index in [-0.39, 0.29) is 27.9 Å². The predicted octanol–water partition coefficient (Wildman–Crippen LogP) is 5.20. The molecular weight excluding hydrogens is 324 g/mol. The van der Waals surface area contributed by atoms with Crippen LogP contribution in [0.5, 0.6) is 0 Å². The van der Waals surface area contributed by atoms with Crippen LogP contribution in [0.2, 0.25) is 0 Å². The molecule has 0 aromatic rings. The summed E-state index contributed by atoms with van der Waals surface area (Å²) in [5, 5.41) is 3.10. The molecule has 1 amide bonds. The highest BCUT2D eigenvalue weighted by atomic mass is 16.2. The van der Waals surface area contributed by atoms with Gasteiger partial charge in [0.25, 0.3) is 0 Å². The molecule has 0 heterocycles. The zero-order valence-electron chi connectivity index (χ0n) is 19.8. The second-order valence-electron chi connectivity index (χ2n) is 9.65. The largest absolute Gasteiger partial charge is 0.355 e. The van der Waals surface area contributed by atoms with Gasteiger partial charge < -0.3 is 15.8 Å². The van der Waals surface area contributed by atoms with Crippen LogP contribution in [0.15, 0.2) is 0 Å². The van der Waals surface area contributed by atoms with Crippen molar-refractivity contribution in [3.8, 4) is 0 Å². The molecule has 4 heteroatoms. The number of Topliss-reactive ketones (excluding diaryl/α,β-unsaturated/α-hetero) is 1. The lowest BCUT2D eigenvalue weighted by Crippen LogP contribution is -2.44. The fourth-order valence-electron chi connectivity index (χ4n) is 2.90. The van der Waals surface area contributed by atoms with Gasteiger partial charge in [0, 0.05) is 18.4 Å². The van der Waals surface area contributed by atoms with Crippen molar-refractivity contribution >= 4 is 11.7 Å². The maximum Gasteiger partial charge on any atom is 0.225 e. The number of carbonyl (C=O) groups excluding carboxylic acids is 2. The Balaban J connectivity index is -0.000000950. The molecule has 0 aromatic carbocycles. The summed E-state index contributed by atoms with van der Waals surface area (Å²) in [5.41, 5.74) is 4.08. The molecule has 0 radical (unpaired) electrons. The molecule has 0 saturated heterocycles. The monoisotopic (exact) mass is 372 g/mol.